The Hall–Kier alpha value is -0.890. The topological polar surface area (TPSA) is 26.0 Å². The van der Waals surface area contributed by atoms with Crippen molar-refractivity contribution < 1.29 is 4.39 Å². The first-order chi connectivity index (χ1) is 5.11. The predicted molar refractivity (Wildman–Crippen MR) is 46.8 cm³/mol. The van der Waals surface area contributed by atoms with Gasteiger partial charge in [-0.15, -0.1) is 0 Å². The molecule has 11 heavy (non-hydrogen) atoms. The number of halogens is 1. The molecule has 0 aliphatic heterocycles. The second-order valence-corrected chi connectivity index (χ2v) is 2.48. The Morgan fingerprint density at radius 2 is 2.09 bits per heavy atom. The van der Waals surface area contributed by atoms with Crippen LogP contribution in [0.5, 0.6) is 0 Å². The third-order valence-corrected chi connectivity index (χ3v) is 1.29. The van der Waals surface area contributed by atoms with E-state index in [0.717, 1.165) is 0 Å². The van der Waals surface area contributed by atoms with Gasteiger partial charge in [0.15, 0.2) is 0 Å². The van der Waals surface area contributed by atoms with Crippen LogP contribution < -0.4 is 5.73 Å². The van der Waals surface area contributed by atoms with Crippen molar-refractivity contribution in [1.29, 1.82) is 0 Å². The van der Waals surface area contributed by atoms with Gasteiger partial charge in [0.1, 0.15) is 5.83 Å². The molecule has 0 aromatic rings. The van der Waals surface area contributed by atoms with Crippen molar-refractivity contribution in [3.63, 3.8) is 0 Å². The number of allylic oxidation sites excluding steroid dienone is 3. The summed E-state index contributed by atoms with van der Waals surface area (Å²) < 4.78 is 12.8. The molecule has 0 rings (SSSR count). The smallest absolute Gasteiger partial charge is 0.122 e. The van der Waals surface area contributed by atoms with Crippen molar-refractivity contribution in [3.05, 3.63) is 35.7 Å². The van der Waals surface area contributed by atoms with Crippen molar-refractivity contribution >= 4 is 0 Å². The van der Waals surface area contributed by atoms with Crippen LogP contribution in [0.1, 0.15) is 13.8 Å². The summed E-state index contributed by atoms with van der Waals surface area (Å²) in [6.07, 6.45) is 2.96. The summed E-state index contributed by atoms with van der Waals surface area (Å²) in [6, 6.07) is 0. The molecule has 0 radical (unpaired) electrons. The zero-order valence-corrected chi connectivity index (χ0v) is 7.02. The Labute approximate surface area is 67.1 Å². The van der Waals surface area contributed by atoms with Crippen LogP contribution in [0.4, 0.5) is 4.39 Å². The third kappa shape index (κ3) is 3.73. The maximum absolute atomic E-state index is 12.8. The summed E-state index contributed by atoms with van der Waals surface area (Å²) in [5, 5.41) is 0. The van der Waals surface area contributed by atoms with E-state index >= 15 is 0 Å². The fourth-order valence-corrected chi connectivity index (χ4v) is 0.508. The third-order valence-electron chi connectivity index (χ3n) is 1.29. The first-order valence-corrected chi connectivity index (χ1v) is 3.48. The summed E-state index contributed by atoms with van der Waals surface area (Å²) in [6.45, 7) is 7.25. The molecule has 0 bridgehead atoms. The lowest BCUT2D eigenvalue weighted by Crippen LogP contribution is -2.00. The van der Waals surface area contributed by atoms with Gasteiger partial charge < -0.3 is 5.73 Å². The molecule has 0 spiro atoms. The number of nitrogens with two attached hydrogens (primary N) is 1. The predicted octanol–water partition coefficient (Wildman–Crippen LogP) is 2.32. The monoisotopic (exact) mass is 155 g/mol. The molecule has 0 aromatic carbocycles. The summed E-state index contributed by atoms with van der Waals surface area (Å²) in [5.74, 6) is -0.231. The lowest BCUT2D eigenvalue weighted by atomic mass is 10.2. The number of hydrogen-bond acceptors (Lipinski definition) is 1. The summed E-state index contributed by atoms with van der Waals surface area (Å²) >= 11 is 0. The molecular formula is C9H14FN. The summed E-state index contributed by atoms with van der Waals surface area (Å²) in [7, 11) is 0. The van der Waals surface area contributed by atoms with Gasteiger partial charge in [0.05, 0.1) is 0 Å². The molecule has 62 valence electrons. The molecule has 0 aliphatic rings. The van der Waals surface area contributed by atoms with Gasteiger partial charge in [-0.2, -0.15) is 0 Å². The van der Waals surface area contributed by atoms with Crippen molar-refractivity contribution in [3.8, 4) is 0 Å². The van der Waals surface area contributed by atoms with Gasteiger partial charge >= 0.3 is 0 Å². The molecule has 2 N–H and O–H groups in total. The van der Waals surface area contributed by atoms with Crippen LogP contribution in [0.2, 0.25) is 0 Å². The van der Waals surface area contributed by atoms with E-state index in [0.29, 0.717) is 17.7 Å². The van der Waals surface area contributed by atoms with Crippen molar-refractivity contribution in [2.45, 2.75) is 13.8 Å². The highest BCUT2D eigenvalue weighted by molar-refractivity contribution is 5.28. The molecule has 0 amide bonds. The van der Waals surface area contributed by atoms with Crippen LogP contribution in [-0.2, 0) is 0 Å². The van der Waals surface area contributed by atoms with E-state index < -0.39 is 0 Å². The lowest BCUT2D eigenvalue weighted by Gasteiger charge is -1.96. The zero-order valence-electron chi connectivity index (χ0n) is 7.02. The largest absolute Gasteiger partial charge is 0.326 e. The van der Waals surface area contributed by atoms with E-state index in [9.17, 15) is 4.39 Å². The SMILES string of the molecule is C=C/C(=C\C(F)=C(C)C)CN. The standard InChI is InChI=1S/C9H14FN/c1-4-8(6-11)5-9(10)7(2)3/h4-5H,1,6,11H2,2-3H3/b8-5+. The maximum atomic E-state index is 12.8. The molecule has 0 fully saturated rings. The van der Waals surface area contributed by atoms with Crippen LogP contribution in [0, 0.1) is 0 Å². The molecule has 0 atom stereocenters. The zero-order chi connectivity index (χ0) is 8.85. The first-order valence-electron chi connectivity index (χ1n) is 3.48. The second kappa shape index (κ2) is 4.85. The van der Waals surface area contributed by atoms with Crippen molar-refractivity contribution in [2.24, 2.45) is 5.73 Å². The normalized spacial score (nSPS) is 11.1. The molecular weight excluding hydrogens is 141 g/mol. The highest BCUT2D eigenvalue weighted by Crippen LogP contribution is 2.09. The Morgan fingerprint density at radius 3 is 2.36 bits per heavy atom. The average Bonchev–Trinajstić information content (AvgIpc) is 1.99. The molecule has 2 heteroatoms. The minimum atomic E-state index is -0.231. The van der Waals surface area contributed by atoms with Gasteiger partial charge in [0, 0.05) is 6.54 Å². The van der Waals surface area contributed by atoms with Crippen LogP contribution in [0.15, 0.2) is 35.7 Å². The number of rotatable bonds is 3. The van der Waals surface area contributed by atoms with Crippen LogP contribution in [0.25, 0.3) is 0 Å². The van der Waals surface area contributed by atoms with Gasteiger partial charge in [-0.05, 0) is 31.1 Å². The molecule has 0 heterocycles. The van der Waals surface area contributed by atoms with E-state index in [-0.39, 0.29) is 5.83 Å². The van der Waals surface area contributed by atoms with Crippen molar-refractivity contribution in [1.82, 2.24) is 0 Å². The van der Waals surface area contributed by atoms with Gasteiger partial charge in [0.25, 0.3) is 0 Å². The summed E-state index contributed by atoms with van der Waals surface area (Å²) in [4.78, 5) is 0. The first kappa shape index (κ1) is 10.1. The quantitative estimate of drug-likeness (QED) is 0.622. The van der Waals surface area contributed by atoms with Gasteiger partial charge in [-0.3, -0.25) is 0 Å². The Kier molecular flexibility index (Phi) is 4.46. The minimum absolute atomic E-state index is 0.231. The molecule has 0 saturated carbocycles. The number of hydrogen-bond donors (Lipinski definition) is 1. The van der Waals surface area contributed by atoms with Crippen molar-refractivity contribution in [2.75, 3.05) is 6.54 Å². The maximum Gasteiger partial charge on any atom is 0.122 e. The molecule has 0 unspecified atom stereocenters. The van der Waals surface area contributed by atoms with Gasteiger partial charge in [-0.25, -0.2) is 4.39 Å². The van der Waals surface area contributed by atoms with Crippen LogP contribution >= 0.6 is 0 Å². The minimum Gasteiger partial charge on any atom is -0.326 e. The Balaban J connectivity index is 4.52. The highest BCUT2D eigenvalue weighted by Gasteiger charge is 1.93. The van der Waals surface area contributed by atoms with E-state index in [1.165, 1.54) is 6.08 Å². The molecule has 0 saturated heterocycles. The second-order valence-electron chi connectivity index (χ2n) is 2.48. The van der Waals surface area contributed by atoms with E-state index in [2.05, 4.69) is 6.58 Å². The molecule has 0 aromatic heterocycles. The van der Waals surface area contributed by atoms with Crippen LogP contribution in [0.3, 0.4) is 0 Å². The Bertz CT molecular complexity index is 198. The van der Waals surface area contributed by atoms with E-state index in [4.69, 9.17) is 5.73 Å². The highest BCUT2D eigenvalue weighted by atomic mass is 19.1. The molecule has 0 aliphatic carbocycles. The van der Waals surface area contributed by atoms with Crippen LogP contribution in [-0.4, -0.2) is 6.54 Å². The summed E-state index contributed by atoms with van der Waals surface area (Å²) in [5.41, 5.74) is 6.67. The fourth-order valence-electron chi connectivity index (χ4n) is 0.508. The molecule has 1 nitrogen and oxygen atoms in total. The van der Waals surface area contributed by atoms with E-state index in [1.54, 1.807) is 19.9 Å². The lowest BCUT2D eigenvalue weighted by molar-refractivity contribution is 0.652. The Morgan fingerprint density at radius 1 is 1.55 bits per heavy atom. The fraction of sp³-hybridized carbons (Fsp3) is 0.333. The van der Waals surface area contributed by atoms with Gasteiger partial charge in [-0.1, -0.05) is 12.7 Å². The van der Waals surface area contributed by atoms with E-state index in [1.807, 2.05) is 0 Å². The van der Waals surface area contributed by atoms with Gasteiger partial charge in [0.2, 0.25) is 0 Å². The average molecular weight is 155 g/mol.